The minimum absolute atomic E-state index is 0.334. The predicted molar refractivity (Wildman–Crippen MR) is 229 cm³/mol. The molecule has 282 valence electrons. The number of ether oxygens (including phenoxy) is 2. The first-order chi connectivity index (χ1) is 27.4. The van der Waals surface area contributed by atoms with Crippen molar-refractivity contribution in [2.75, 3.05) is 24.0 Å². The van der Waals surface area contributed by atoms with Crippen LogP contribution < -0.4 is 0 Å². The minimum atomic E-state index is -1.01. The van der Waals surface area contributed by atoms with Gasteiger partial charge in [0.2, 0.25) is 11.8 Å². The fourth-order valence-corrected chi connectivity index (χ4v) is 9.30. The lowest BCUT2D eigenvalue weighted by molar-refractivity contribution is 0.0966. The molecule has 8 rings (SSSR count). The van der Waals surface area contributed by atoms with Crippen LogP contribution in [0.3, 0.4) is 0 Å². The average molecular weight is 777 g/mol. The van der Waals surface area contributed by atoms with Crippen molar-refractivity contribution in [3.05, 3.63) is 203 Å². The van der Waals surface area contributed by atoms with Gasteiger partial charge in [-0.15, -0.1) is 0 Å². The predicted octanol–water partition coefficient (Wildman–Crippen LogP) is 9.07. The van der Waals surface area contributed by atoms with Crippen molar-refractivity contribution in [1.82, 2.24) is 0 Å². The number of aliphatic imine (C=N–C) groups is 2. The molecule has 0 aliphatic carbocycles. The van der Waals surface area contributed by atoms with E-state index >= 15 is 0 Å². The lowest BCUT2D eigenvalue weighted by Crippen LogP contribution is -2.39. The summed E-state index contributed by atoms with van der Waals surface area (Å²) in [5.74, 6) is 2.03. The molecule has 0 amide bonds. The van der Waals surface area contributed by atoms with Gasteiger partial charge in [0.1, 0.15) is 12.1 Å². The van der Waals surface area contributed by atoms with Crippen LogP contribution in [0.15, 0.2) is 180 Å². The smallest absolute Gasteiger partial charge is 0.218 e. The molecule has 2 aliphatic heterocycles. The molecular weight excluding hydrogens is 733 g/mol. The Balaban J connectivity index is 1.26. The van der Waals surface area contributed by atoms with Crippen molar-refractivity contribution in [3.8, 4) is 11.1 Å². The molecule has 0 N–H and O–H groups in total. The second-order valence-electron chi connectivity index (χ2n) is 14.3. The Morgan fingerprint density at radius 2 is 0.696 bits per heavy atom. The fraction of sp³-hybridized carbons (Fsp3) is 0.208. The van der Waals surface area contributed by atoms with Gasteiger partial charge in [0.05, 0.1) is 0 Å². The maximum absolute atomic E-state index is 12.5. The van der Waals surface area contributed by atoms with Crippen LogP contribution >= 0.6 is 0 Å². The zero-order valence-corrected chi connectivity index (χ0v) is 33.1. The van der Waals surface area contributed by atoms with Crippen molar-refractivity contribution >= 4 is 33.4 Å². The third kappa shape index (κ3) is 7.08. The normalized spacial score (nSPS) is 19.2. The summed E-state index contributed by atoms with van der Waals surface area (Å²) in [6, 6.07) is 56.7. The van der Waals surface area contributed by atoms with E-state index in [-0.39, 0.29) is 12.1 Å². The van der Waals surface area contributed by atoms with E-state index in [1.54, 1.807) is 12.5 Å². The van der Waals surface area contributed by atoms with Gasteiger partial charge in [-0.25, -0.2) is 9.98 Å². The summed E-state index contributed by atoms with van der Waals surface area (Å²) in [5, 5.41) is 0. The Morgan fingerprint density at radius 3 is 0.982 bits per heavy atom. The maximum Gasteiger partial charge on any atom is 0.218 e. The van der Waals surface area contributed by atoms with E-state index in [1.807, 2.05) is 97.1 Å². The molecule has 0 bridgehead atoms. The first-order valence-electron chi connectivity index (χ1n) is 18.9. The summed E-state index contributed by atoms with van der Waals surface area (Å²) >= 11 is 0. The molecular formula is C48H44N2O4S2. The van der Waals surface area contributed by atoms with Crippen LogP contribution in [0.5, 0.6) is 0 Å². The highest BCUT2D eigenvalue weighted by molar-refractivity contribution is 7.84. The summed E-state index contributed by atoms with van der Waals surface area (Å²) in [4.78, 5) is 10.7. The van der Waals surface area contributed by atoms with Crippen LogP contribution in [0, 0.1) is 0 Å². The van der Waals surface area contributed by atoms with Crippen molar-refractivity contribution in [3.63, 3.8) is 0 Å². The lowest BCUT2D eigenvalue weighted by atomic mass is 9.79. The van der Waals surface area contributed by atoms with Crippen LogP contribution in [0.25, 0.3) is 11.1 Å². The van der Waals surface area contributed by atoms with E-state index in [4.69, 9.17) is 19.5 Å². The summed E-state index contributed by atoms with van der Waals surface area (Å²) in [6.07, 6.45) is 4.63. The molecule has 8 heteroatoms. The number of rotatable bonds is 13. The molecule has 0 saturated heterocycles. The van der Waals surface area contributed by atoms with Gasteiger partial charge >= 0.3 is 0 Å². The third-order valence-corrected chi connectivity index (χ3v) is 12.4. The van der Waals surface area contributed by atoms with Crippen molar-refractivity contribution in [2.24, 2.45) is 9.98 Å². The Kier molecular flexibility index (Phi) is 10.9. The monoisotopic (exact) mass is 776 g/mol. The minimum Gasteiger partial charge on any atom is -0.459 e. The molecule has 2 aliphatic rings. The maximum atomic E-state index is 12.5. The van der Waals surface area contributed by atoms with Gasteiger partial charge in [-0.1, -0.05) is 158 Å². The molecule has 4 atom stereocenters. The summed E-state index contributed by atoms with van der Waals surface area (Å²) in [5.41, 5.74) is 5.61. The van der Waals surface area contributed by atoms with Gasteiger partial charge in [-0.2, -0.15) is 0 Å². The van der Waals surface area contributed by atoms with Crippen LogP contribution in [-0.4, -0.2) is 56.3 Å². The SMILES string of the molecule is CS(=O)CC[C@@H]1N=C(c2ccccc2-c2ccccc2C2=N[C@@H](CCS(C)=O)C(c3ccccc3)(c3ccccc3)O2)OC1(c1ccccc1)c1ccccc1. The van der Waals surface area contributed by atoms with E-state index in [2.05, 4.69) is 72.8 Å². The number of hydrogen-bond acceptors (Lipinski definition) is 6. The lowest BCUT2D eigenvalue weighted by Gasteiger charge is -2.35. The van der Waals surface area contributed by atoms with Crippen LogP contribution in [0.1, 0.15) is 46.2 Å². The third-order valence-electron chi connectivity index (χ3n) is 10.8. The second kappa shape index (κ2) is 16.3. The molecule has 0 spiro atoms. The molecule has 0 fully saturated rings. The molecule has 6 nitrogen and oxygen atoms in total. The van der Waals surface area contributed by atoms with E-state index in [9.17, 15) is 8.42 Å². The molecule has 2 unspecified atom stereocenters. The largest absolute Gasteiger partial charge is 0.459 e. The van der Waals surface area contributed by atoms with Crippen LogP contribution in [0.2, 0.25) is 0 Å². The second-order valence-corrected chi connectivity index (χ2v) is 17.4. The average Bonchev–Trinajstić information content (AvgIpc) is 3.84. The fourth-order valence-electron chi connectivity index (χ4n) is 8.19. The first kappa shape index (κ1) is 37.5. The van der Waals surface area contributed by atoms with Crippen molar-refractivity contribution in [1.29, 1.82) is 0 Å². The highest BCUT2D eigenvalue weighted by Gasteiger charge is 2.51. The number of nitrogens with zero attached hydrogens (tertiary/aromatic N) is 2. The van der Waals surface area contributed by atoms with E-state index in [0.717, 1.165) is 44.5 Å². The quantitative estimate of drug-likeness (QED) is 0.117. The Labute approximate surface area is 334 Å². The van der Waals surface area contributed by atoms with Gasteiger partial charge in [0.15, 0.2) is 11.2 Å². The zero-order chi connectivity index (χ0) is 38.5. The van der Waals surface area contributed by atoms with E-state index in [1.165, 1.54) is 0 Å². The van der Waals surface area contributed by atoms with Crippen molar-refractivity contribution < 1.29 is 17.9 Å². The van der Waals surface area contributed by atoms with Crippen molar-refractivity contribution in [2.45, 2.75) is 36.1 Å². The topological polar surface area (TPSA) is 77.3 Å². The van der Waals surface area contributed by atoms with Gasteiger partial charge in [0, 0.05) is 79.0 Å². The van der Waals surface area contributed by atoms with E-state index in [0.29, 0.717) is 36.1 Å². The molecule has 6 aromatic rings. The highest BCUT2D eigenvalue weighted by Crippen LogP contribution is 2.48. The Morgan fingerprint density at radius 1 is 0.429 bits per heavy atom. The van der Waals surface area contributed by atoms with Gasteiger partial charge in [0.25, 0.3) is 0 Å². The summed E-state index contributed by atoms with van der Waals surface area (Å²) in [7, 11) is -2.03. The molecule has 2 heterocycles. The Hall–Kier alpha value is -5.44. The summed E-state index contributed by atoms with van der Waals surface area (Å²) < 4.78 is 39.6. The van der Waals surface area contributed by atoms with E-state index < -0.39 is 32.8 Å². The Bertz CT molecular complexity index is 2150. The van der Waals surface area contributed by atoms with Gasteiger partial charge < -0.3 is 9.47 Å². The molecule has 0 aromatic heterocycles. The molecule has 6 aromatic carbocycles. The number of hydrogen-bond donors (Lipinski definition) is 0. The molecule has 56 heavy (non-hydrogen) atoms. The van der Waals surface area contributed by atoms with Crippen LogP contribution in [-0.2, 0) is 42.3 Å². The highest BCUT2D eigenvalue weighted by atomic mass is 32.2. The van der Waals surface area contributed by atoms with Gasteiger partial charge in [-0.3, -0.25) is 8.42 Å². The standard InChI is InChI=1S/C48H44N2O4S2/c1-55(51)33-31-43-47(35-19-7-3-8-20-35,36-21-9-4-10-22-36)53-45(49-43)41-29-17-15-27-39(41)40-28-16-18-30-42(40)46-50-44(32-34-56(2)52)48(54-46,37-23-11-5-12-24-37)38-25-13-6-14-26-38/h3-30,43-44H,31-34H2,1-2H3/t43-,44-,55?,56?/m0/s1. The zero-order valence-electron chi connectivity index (χ0n) is 31.5. The van der Waals surface area contributed by atoms with Gasteiger partial charge in [-0.05, 0) is 36.1 Å². The molecule has 0 radical (unpaired) electrons. The first-order valence-corrected chi connectivity index (χ1v) is 22.4. The summed E-state index contributed by atoms with van der Waals surface area (Å²) in [6.45, 7) is 0. The number of benzene rings is 6. The van der Waals surface area contributed by atoms with Crippen LogP contribution in [0.4, 0.5) is 0 Å². The molecule has 0 saturated carbocycles.